The average Bonchev–Trinajstić information content (AvgIpc) is 3.12. The van der Waals surface area contributed by atoms with Crippen molar-refractivity contribution < 1.29 is 23.3 Å². The quantitative estimate of drug-likeness (QED) is 0.798. The first-order chi connectivity index (χ1) is 14.1. The van der Waals surface area contributed by atoms with Gasteiger partial charge in [0.05, 0.1) is 12.7 Å². The maximum Gasteiger partial charge on any atom is 0.283 e. The molecule has 4 heterocycles. The monoisotopic (exact) mass is 399 g/mol. The third-order valence-electron chi connectivity index (χ3n) is 5.82. The Bertz CT molecular complexity index is 969. The van der Waals surface area contributed by atoms with Crippen molar-refractivity contribution in [1.29, 1.82) is 0 Å². The van der Waals surface area contributed by atoms with E-state index < -0.39 is 11.5 Å². The summed E-state index contributed by atoms with van der Waals surface area (Å²) >= 11 is 0. The molecule has 2 aromatic rings. The molecule has 1 fully saturated rings. The van der Waals surface area contributed by atoms with Gasteiger partial charge in [0.25, 0.3) is 6.02 Å². The molecule has 3 aliphatic heterocycles. The molecule has 0 radical (unpaired) electrons. The number of fused-ring (bicyclic) bond motifs is 4. The Morgan fingerprint density at radius 1 is 1.31 bits per heavy atom. The van der Waals surface area contributed by atoms with Crippen molar-refractivity contribution in [2.24, 2.45) is 10.7 Å². The van der Waals surface area contributed by atoms with E-state index in [4.69, 9.17) is 24.7 Å². The second-order valence-electron chi connectivity index (χ2n) is 7.58. The molecular weight excluding hydrogens is 377 g/mol. The molecule has 0 aliphatic carbocycles. The van der Waals surface area contributed by atoms with Crippen LogP contribution in [0.15, 0.2) is 41.5 Å². The number of pyridine rings is 1. The second-order valence-corrected chi connectivity index (χ2v) is 7.58. The topological polar surface area (TPSA) is 88.2 Å². The van der Waals surface area contributed by atoms with Gasteiger partial charge < -0.3 is 24.7 Å². The van der Waals surface area contributed by atoms with Gasteiger partial charge in [0, 0.05) is 24.4 Å². The van der Waals surface area contributed by atoms with Gasteiger partial charge in [-0.25, -0.2) is 9.98 Å². The lowest BCUT2D eigenvalue weighted by Crippen LogP contribution is -2.57. The number of benzene rings is 1. The Balaban J connectivity index is 1.62. The largest absolute Gasteiger partial charge is 0.487 e. The van der Waals surface area contributed by atoms with Gasteiger partial charge in [-0.15, -0.1) is 0 Å². The van der Waals surface area contributed by atoms with Crippen LogP contribution in [0.1, 0.15) is 18.4 Å². The first kappa shape index (κ1) is 18.3. The summed E-state index contributed by atoms with van der Waals surface area (Å²) < 4.78 is 37.8. The second kappa shape index (κ2) is 6.96. The SMILES string of the molecule is COC[C@H]1CCC2Oc3ccc(-c4cccnc4F)cc3[C@@]3(COC(N)=N3)[C@H]2O1. The molecule has 8 heteroatoms. The first-order valence-electron chi connectivity index (χ1n) is 9.65. The third kappa shape index (κ3) is 2.94. The predicted molar refractivity (Wildman–Crippen MR) is 103 cm³/mol. The molecule has 0 saturated carbocycles. The van der Waals surface area contributed by atoms with Crippen molar-refractivity contribution >= 4 is 6.02 Å². The van der Waals surface area contributed by atoms with E-state index >= 15 is 0 Å². The number of aliphatic imine (C=N–C) groups is 1. The minimum Gasteiger partial charge on any atom is -0.487 e. The van der Waals surface area contributed by atoms with Crippen LogP contribution >= 0.6 is 0 Å². The number of halogens is 1. The van der Waals surface area contributed by atoms with Crippen molar-refractivity contribution in [1.82, 2.24) is 4.98 Å². The molecule has 1 aromatic carbocycles. The summed E-state index contributed by atoms with van der Waals surface area (Å²) in [6.07, 6.45) is 2.47. The summed E-state index contributed by atoms with van der Waals surface area (Å²) in [5.74, 6) is 0.158. The van der Waals surface area contributed by atoms with E-state index in [1.165, 1.54) is 6.20 Å². The molecule has 0 amide bonds. The van der Waals surface area contributed by atoms with Gasteiger partial charge in [0.1, 0.15) is 24.6 Å². The molecular formula is C21H22FN3O4. The highest BCUT2D eigenvalue weighted by molar-refractivity contribution is 5.75. The summed E-state index contributed by atoms with van der Waals surface area (Å²) in [6, 6.07) is 9.06. The number of hydrogen-bond acceptors (Lipinski definition) is 7. The van der Waals surface area contributed by atoms with Crippen molar-refractivity contribution in [3.63, 3.8) is 0 Å². The molecule has 152 valence electrons. The van der Waals surface area contributed by atoms with E-state index in [9.17, 15) is 4.39 Å². The van der Waals surface area contributed by atoms with Crippen LogP contribution < -0.4 is 10.5 Å². The van der Waals surface area contributed by atoms with E-state index in [0.29, 0.717) is 23.5 Å². The maximum absolute atomic E-state index is 14.3. The maximum atomic E-state index is 14.3. The summed E-state index contributed by atoms with van der Waals surface area (Å²) in [7, 11) is 1.65. The Morgan fingerprint density at radius 3 is 2.97 bits per heavy atom. The van der Waals surface area contributed by atoms with E-state index in [1.54, 1.807) is 19.2 Å². The highest BCUT2D eigenvalue weighted by Gasteiger charge is 2.56. The number of amidine groups is 1. The molecule has 3 aliphatic rings. The van der Waals surface area contributed by atoms with Gasteiger partial charge in [0.15, 0.2) is 5.54 Å². The normalized spacial score (nSPS) is 30.1. The van der Waals surface area contributed by atoms with Crippen LogP contribution in [0.25, 0.3) is 11.1 Å². The zero-order chi connectivity index (χ0) is 20.0. The number of ether oxygens (including phenoxy) is 4. The van der Waals surface area contributed by atoms with Crippen LogP contribution in [-0.2, 0) is 19.7 Å². The van der Waals surface area contributed by atoms with Crippen LogP contribution in [-0.4, -0.2) is 49.6 Å². The lowest BCUT2D eigenvalue weighted by molar-refractivity contribution is -0.165. The molecule has 1 spiro atoms. The van der Waals surface area contributed by atoms with Gasteiger partial charge in [-0.2, -0.15) is 4.39 Å². The number of nitrogens with zero attached hydrogens (tertiary/aromatic N) is 2. The molecule has 1 aromatic heterocycles. The lowest BCUT2D eigenvalue weighted by atomic mass is 9.77. The number of aromatic nitrogens is 1. The Labute approximate surface area is 167 Å². The third-order valence-corrected chi connectivity index (χ3v) is 5.82. The Morgan fingerprint density at radius 2 is 2.21 bits per heavy atom. The molecule has 1 unspecified atom stereocenters. The molecule has 29 heavy (non-hydrogen) atoms. The minimum atomic E-state index is -0.844. The summed E-state index contributed by atoms with van der Waals surface area (Å²) in [4.78, 5) is 8.43. The van der Waals surface area contributed by atoms with E-state index in [2.05, 4.69) is 9.98 Å². The van der Waals surface area contributed by atoms with E-state index in [0.717, 1.165) is 18.4 Å². The van der Waals surface area contributed by atoms with Gasteiger partial charge in [0.2, 0.25) is 5.95 Å². The number of rotatable bonds is 3. The van der Waals surface area contributed by atoms with Crippen LogP contribution in [0.4, 0.5) is 4.39 Å². The molecule has 7 nitrogen and oxygen atoms in total. The van der Waals surface area contributed by atoms with Crippen LogP contribution in [0.3, 0.4) is 0 Å². The minimum absolute atomic E-state index is 0.0563. The van der Waals surface area contributed by atoms with Crippen LogP contribution in [0, 0.1) is 5.95 Å². The van der Waals surface area contributed by atoms with Crippen molar-refractivity contribution in [2.45, 2.75) is 36.7 Å². The fraction of sp³-hybridized carbons (Fsp3) is 0.429. The lowest BCUT2D eigenvalue weighted by Gasteiger charge is -2.47. The summed E-state index contributed by atoms with van der Waals surface area (Å²) in [5.41, 5.74) is 6.94. The number of methoxy groups -OCH3 is 1. The number of nitrogens with two attached hydrogens (primary N) is 1. The predicted octanol–water partition coefficient (Wildman–Crippen LogP) is 2.38. The summed E-state index contributed by atoms with van der Waals surface area (Å²) in [6.45, 7) is 0.738. The van der Waals surface area contributed by atoms with Crippen LogP contribution in [0.2, 0.25) is 0 Å². The van der Waals surface area contributed by atoms with Crippen molar-refractivity contribution in [3.8, 4) is 16.9 Å². The molecule has 4 atom stereocenters. The first-order valence-corrected chi connectivity index (χ1v) is 9.65. The standard InChI is InChI=1S/C21H22FN3O4/c1-26-10-13-5-7-17-18(28-13)21(11-27-20(23)25-21)15-9-12(4-6-16(15)29-17)14-3-2-8-24-19(14)22/h2-4,6,8-9,13,17-18H,5,7,10-11H2,1H3,(H2,23,25)/t13-,17?,18+,21+/m1/s1. The smallest absolute Gasteiger partial charge is 0.283 e. The zero-order valence-corrected chi connectivity index (χ0v) is 16.0. The number of hydrogen-bond donors (Lipinski definition) is 1. The Hall–Kier alpha value is -2.71. The van der Waals surface area contributed by atoms with E-state index in [1.807, 2.05) is 18.2 Å². The average molecular weight is 399 g/mol. The van der Waals surface area contributed by atoms with Crippen LogP contribution in [0.5, 0.6) is 5.75 Å². The Kier molecular flexibility index (Phi) is 4.40. The molecule has 2 N–H and O–H groups in total. The van der Waals surface area contributed by atoms with Crippen molar-refractivity contribution in [2.75, 3.05) is 20.3 Å². The van der Waals surface area contributed by atoms with E-state index in [-0.39, 0.29) is 30.9 Å². The fourth-order valence-electron chi connectivity index (χ4n) is 4.50. The summed E-state index contributed by atoms with van der Waals surface area (Å²) in [5, 5.41) is 0. The zero-order valence-electron chi connectivity index (χ0n) is 16.0. The van der Waals surface area contributed by atoms with Crippen molar-refractivity contribution in [3.05, 3.63) is 48.0 Å². The van der Waals surface area contributed by atoms with Gasteiger partial charge in [-0.05, 0) is 42.7 Å². The van der Waals surface area contributed by atoms with Gasteiger partial charge >= 0.3 is 0 Å². The highest BCUT2D eigenvalue weighted by Crippen LogP contribution is 2.49. The fourth-order valence-corrected chi connectivity index (χ4v) is 4.50. The highest BCUT2D eigenvalue weighted by atomic mass is 19.1. The van der Waals surface area contributed by atoms with Gasteiger partial charge in [-0.3, -0.25) is 0 Å². The molecule has 5 rings (SSSR count). The molecule has 0 bridgehead atoms. The molecule has 1 saturated heterocycles. The van der Waals surface area contributed by atoms with Gasteiger partial charge in [-0.1, -0.05) is 6.07 Å².